The molecule has 3 heterocycles. The van der Waals surface area contributed by atoms with Crippen LogP contribution in [0.4, 0.5) is 5.95 Å². The molecule has 31 heavy (non-hydrogen) atoms. The van der Waals surface area contributed by atoms with Crippen molar-refractivity contribution in [3.05, 3.63) is 40.7 Å². The smallest absolute Gasteiger partial charge is 0.225 e. The van der Waals surface area contributed by atoms with E-state index in [4.69, 9.17) is 16.9 Å². The first kappa shape index (κ1) is 21.8. The highest BCUT2D eigenvalue weighted by Crippen LogP contribution is 2.33. The quantitative estimate of drug-likeness (QED) is 0.757. The molecule has 4 rings (SSSR count). The Morgan fingerprint density at radius 2 is 1.97 bits per heavy atom. The number of rotatable bonds is 5. The normalized spacial score (nSPS) is 24.5. The molecule has 7 nitrogen and oxygen atoms in total. The van der Waals surface area contributed by atoms with Crippen LogP contribution in [0.25, 0.3) is 0 Å². The fourth-order valence-electron chi connectivity index (χ4n) is 4.89. The highest BCUT2D eigenvalue weighted by atomic mass is 35.5. The number of nitrogens with one attached hydrogen (secondary N) is 1. The minimum absolute atomic E-state index is 0.0466. The van der Waals surface area contributed by atoms with Gasteiger partial charge in [-0.25, -0.2) is 9.97 Å². The number of allylic oxidation sites excluding steroid dienone is 3. The van der Waals surface area contributed by atoms with E-state index in [-0.39, 0.29) is 11.8 Å². The van der Waals surface area contributed by atoms with E-state index in [1.807, 2.05) is 12.1 Å². The monoisotopic (exact) mass is 440 g/mol. The number of hydrogen-bond acceptors (Lipinski definition) is 6. The van der Waals surface area contributed by atoms with Crippen molar-refractivity contribution in [1.82, 2.24) is 20.2 Å². The summed E-state index contributed by atoms with van der Waals surface area (Å²) in [7, 11) is 0. The largest absolute Gasteiger partial charge is 0.341 e. The fourth-order valence-corrected chi connectivity index (χ4v) is 5.05. The first-order chi connectivity index (χ1) is 15.1. The van der Waals surface area contributed by atoms with Crippen molar-refractivity contribution in [2.75, 3.05) is 37.6 Å². The van der Waals surface area contributed by atoms with E-state index >= 15 is 0 Å². The van der Waals surface area contributed by atoms with Crippen molar-refractivity contribution >= 4 is 23.5 Å². The Morgan fingerprint density at radius 1 is 1.23 bits per heavy atom. The first-order valence-electron chi connectivity index (χ1n) is 11.1. The van der Waals surface area contributed by atoms with Gasteiger partial charge in [-0.05, 0) is 38.3 Å². The second-order valence-electron chi connectivity index (χ2n) is 8.51. The number of nitrogens with zero attached hydrogens (tertiary/aromatic N) is 5. The van der Waals surface area contributed by atoms with Crippen molar-refractivity contribution in [3.63, 3.8) is 0 Å². The van der Waals surface area contributed by atoms with Gasteiger partial charge >= 0.3 is 0 Å². The third kappa shape index (κ3) is 4.91. The van der Waals surface area contributed by atoms with Gasteiger partial charge in [-0.2, -0.15) is 5.26 Å². The van der Waals surface area contributed by atoms with Crippen LogP contribution in [0.1, 0.15) is 38.2 Å². The lowest BCUT2D eigenvalue weighted by atomic mass is 9.88. The molecule has 0 aromatic carbocycles. The average molecular weight is 441 g/mol. The Bertz CT molecular complexity index is 898. The van der Waals surface area contributed by atoms with E-state index in [0.717, 1.165) is 63.4 Å². The van der Waals surface area contributed by atoms with Crippen molar-refractivity contribution < 1.29 is 4.79 Å². The van der Waals surface area contributed by atoms with Crippen LogP contribution in [0.3, 0.4) is 0 Å². The van der Waals surface area contributed by atoms with Gasteiger partial charge in [0.25, 0.3) is 0 Å². The van der Waals surface area contributed by atoms with E-state index in [9.17, 15) is 4.79 Å². The van der Waals surface area contributed by atoms with Crippen LogP contribution in [-0.4, -0.2) is 59.5 Å². The Kier molecular flexibility index (Phi) is 6.89. The molecular formula is C23H29ClN6O. The van der Waals surface area contributed by atoms with Gasteiger partial charge in [-0.15, -0.1) is 0 Å². The van der Waals surface area contributed by atoms with Crippen LogP contribution < -0.4 is 10.2 Å². The van der Waals surface area contributed by atoms with Gasteiger partial charge in [0.15, 0.2) is 0 Å². The van der Waals surface area contributed by atoms with Crippen molar-refractivity contribution in [1.29, 1.82) is 5.26 Å². The number of likely N-dealkylation sites (tertiary alicyclic amines) is 1. The maximum Gasteiger partial charge on any atom is 0.225 e. The summed E-state index contributed by atoms with van der Waals surface area (Å²) in [6.45, 7) is 6.08. The lowest BCUT2D eigenvalue weighted by molar-refractivity contribution is -0.135. The lowest BCUT2D eigenvalue weighted by Gasteiger charge is -2.33. The van der Waals surface area contributed by atoms with Crippen molar-refractivity contribution in [2.45, 2.75) is 38.6 Å². The summed E-state index contributed by atoms with van der Waals surface area (Å²) in [5, 5.41) is 13.4. The predicted octanol–water partition coefficient (Wildman–Crippen LogP) is 2.84. The second kappa shape index (κ2) is 9.80. The van der Waals surface area contributed by atoms with Crippen LogP contribution in [0.5, 0.6) is 0 Å². The van der Waals surface area contributed by atoms with Crippen LogP contribution in [0.2, 0.25) is 0 Å². The summed E-state index contributed by atoms with van der Waals surface area (Å²) in [5.41, 5.74) is 1.86. The molecular weight excluding hydrogens is 412 g/mol. The summed E-state index contributed by atoms with van der Waals surface area (Å²) in [4.78, 5) is 26.1. The molecule has 1 aliphatic carbocycles. The summed E-state index contributed by atoms with van der Waals surface area (Å²) in [6.07, 6.45) is 10.7. The molecule has 0 radical (unpaired) electrons. The maximum absolute atomic E-state index is 13.3. The van der Waals surface area contributed by atoms with Crippen molar-refractivity contribution in [3.8, 4) is 6.07 Å². The number of piperidine rings is 1. The number of carbonyl (C=O) groups excluding carboxylic acids is 1. The molecule has 8 heteroatoms. The topological polar surface area (TPSA) is 85.2 Å². The fraction of sp³-hybridized carbons (Fsp3) is 0.565. The number of likely N-dealkylation sites (N-methyl/N-ethyl adjacent to an activating group) is 1. The van der Waals surface area contributed by atoms with Gasteiger partial charge < -0.3 is 15.1 Å². The summed E-state index contributed by atoms with van der Waals surface area (Å²) in [6, 6.07) is 2.34. The van der Waals surface area contributed by atoms with Gasteiger partial charge in [0.1, 0.15) is 6.07 Å². The molecule has 2 aliphatic heterocycles. The van der Waals surface area contributed by atoms with Crippen LogP contribution in [0, 0.1) is 23.2 Å². The zero-order chi connectivity index (χ0) is 21.8. The standard InChI is InChI=1S/C23H29ClN6O/c1-2-26-21-15-30(14-20(21)17-3-5-19(24)6-4-17)22(31)18-7-9-29(10-8-18)23-27-12-16(11-25)13-28-23/h3,5,12-13,18,20-21,26H,2,4,6-10,14-15H2,1H3/t20-,21+/m0/s1. The van der Waals surface area contributed by atoms with Gasteiger partial charge in [-0.1, -0.05) is 30.2 Å². The molecule has 2 saturated heterocycles. The van der Waals surface area contributed by atoms with Crippen LogP contribution in [0.15, 0.2) is 35.2 Å². The lowest BCUT2D eigenvalue weighted by Crippen LogP contribution is -2.43. The van der Waals surface area contributed by atoms with E-state index in [0.29, 0.717) is 23.5 Å². The Morgan fingerprint density at radius 3 is 2.58 bits per heavy atom. The molecule has 0 saturated carbocycles. The Labute approximate surface area is 188 Å². The van der Waals surface area contributed by atoms with E-state index in [2.05, 4.69) is 38.1 Å². The van der Waals surface area contributed by atoms with Gasteiger partial charge in [0, 0.05) is 49.1 Å². The average Bonchev–Trinajstić information content (AvgIpc) is 3.23. The molecule has 3 aliphatic rings. The van der Waals surface area contributed by atoms with Crippen LogP contribution in [-0.2, 0) is 4.79 Å². The van der Waals surface area contributed by atoms with Gasteiger partial charge in [-0.3, -0.25) is 4.79 Å². The number of hydrogen-bond donors (Lipinski definition) is 1. The zero-order valence-electron chi connectivity index (χ0n) is 17.9. The summed E-state index contributed by atoms with van der Waals surface area (Å²) in [5.74, 6) is 1.31. The maximum atomic E-state index is 13.3. The number of amides is 1. The predicted molar refractivity (Wildman–Crippen MR) is 120 cm³/mol. The Hall–Kier alpha value is -2.43. The molecule has 1 aromatic rings. The SMILES string of the molecule is CCN[C@@H]1CN(C(=O)C2CCN(c3ncc(C#N)cn3)CC2)C[C@H]1C1=CC=C(Cl)CC1. The number of carbonyl (C=O) groups is 1. The number of anilines is 1. The van der Waals surface area contributed by atoms with Crippen molar-refractivity contribution in [2.24, 2.45) is 11.8 Å². The molecule has 1 amide bonds. The summed E-state index contributed by atoms with van der Waals surface area (Å²) >= 11 is 6.15. The molecule has 0 unspecified atom stereocenters. The van der Waals surface area contributed by atoms with E-state index in [1.54, 1.807) is 12.4 Å². The third-order valence-electron chi connectivity index (χ3n) is 6.60. The van der Waals surface area contributed by atoms with Gasteiger partial charge in [0.2, 0.25) is 11.9 Å². The highest BCUT2D eigenvalue weighted by molar-refractivity contribution is 6.29. The minimum atomic E-state index is 0.0466. The summed E-state index contributed by atoms with van der Waals surface area (Å²) < 4.78 is 0. The minimum Gasteiger partial charge on any atom is -0.341 e. The molecule has 2 atom stereocenters. The third-order valence-corrected chi connectivity index (χ3v) is 6.91. The Balaban J connectivity index is 1.36. The molecule has 1 aromatic heterocycles. The van der Waals surface area contributed by atoms with E-state index in [1.165, 1.54) is 5.57 Å². The zero-order valence-corrected chi connectivity index (χ0v) is 18.7. The van der Waals surface area contributed by atoms with E-state index < -0.39 is 0 Å². The second-order valence-corrected chi connectivity index (χ2v) is 9.00. The molecule has 2 fully saturated rings. The highest BCUT2D eigenvalue weighted by Gasteiger charge is 2.39. The first-order valence-corrected chi connectivity index (χ1v) is 11.5. The molecule has 164 valence electrons. The van der Waals surface area contributed by atoms with Gasteiger partial charge in [0.05, 0.1) is 18.0 Å². The molecule has 0 spiro atoms. The number of halogens is 1. The number of nitriles is 1. The van der Waals surface area contributed by atoms with Crippen LogP contribution >= 0.6 is 11.6 Å². The molecule has 1 N–H and O–H groups in total. The molecule has 0 bridgehead atoms. The number of aromatic nitrogens is 2.